The summed E-state index contributed by atoms with van der Waals surface area (Å²) in [4.78, 5) is 11.7. The molecule has 1 aromatic heterocycles. The summed E-state index contributed by atoms with van der Waals surface area (Å²) in [6, 6.07) is 1.97. The predicted molar refractivity (Wildman–Crippen MR) is 61.0 cm³/mol. The lowest BCUT2D eigenvalue weighted by molar-refractivity contribution is -0.157. The molecule has 2 rings (SSSR count). The number of halogens is 1. The predicted octanol–water partition coefficient (Wildman–Crippen LogP) is 2.28. The second kappa shape index (κ2) is 3.88. The van der Waals surface area contributed by atoms with E-state index in [4.69, 9.17) is 5.11 Å². The van der Waals surface area contributed by atoms with E-state index in [1.54, 1.807) is 11.3 Å². The topological polar surface area (TPSA) is 57.5 Å². The highest BCUT2D eigenvalue weighted by molar-refractivity contribution is 9.10. The van der Waals surface area contributed by atoms with Gasteiger partial charge in [0.2, 0.25) is 0 Å². The van der Waals surface area contributed by atoms with Crippen LogP contribution < -0.4 is 0 Å². The largest absolute Gasteiger partial charge is 0.481 e. The lowest BCUT2D eigenvalue weighted by atomic mass is 9.69. The molecule has 0 atom stereocenters. The molecule has 1 fully saturated rings. The SMILES string of the molecule is O=C(O)C1CC(O)(Cc2cc(Br)cs2)C1. The van der Waals surface area contributed by atoms with E-state index in [0.717, 1.165) is 9.35 Å². The molecule has 0 radical (unpaired) electrons. The molecular formula is C10H11BrO3S. The van der Waals surface area contributed by atoms with Crippen LogP contribution in [0.4, 0.5) is 0 Å². The molecule has 0 bridgehead atoms. The zero-order valence-corrected chi connectivity index (χ0v) is 10.3. The van der Waals surface area contributed by atoms with Gasteiger partial charge in [0.05, 0.1) is 11.5 Å². The molecular weight excluding hydrogens is 280 g/mol. The zero-order valence-electron chi connectivity index (χ0n) is 7.94. The van der Waals surface area contributed by atoms with Crippen LogP contribution in [0.5, 0.6) is 0 Å². The van der Waals surface area contributed by atoms with Gasteiger partial charge in [-0.15, -0.1) is 11.3 Å². The van der Waals surface area contributed by atoms with E-state index in [0.29, 0.717) is 19.3 Å². The summed E-state index contributed by atoms with van der Waals surface area (Å²) in [6.07, 6.45) is 1.31. The summed E-state index contributed by atoms with van der Waals surface area (Å²) >= 11 is 4.93. The maximum absolute atomic E-state index is 10.6. The zero-order chi connectivity index (χ0) is 11.1. The minimum Gasteiger partial charge on any atom is -0.481 e. The highest BCUT2D eigenvalue weighted by Gasteiger charge is 2.46. The number of aliphatic carboxylic acids is 1. The van der Waals surface area contributed by atoms with E-state index in [1.807, 2.05) is 11.4 Å². The van der Waals surface area contributed by atoms with Crippen molar-refractivity contribution in [1.82, 2.24) is 0 Å². The van der Waals surface area contributed by atoms with Gasteiger partial charge in [0.25, 0.3) is 0 Å². The fourth-order valence-corrected chi connectivity index (χ4v) is 3.53. The van der Waals surface area contributed by atoms with Crippen molar-refractivity contribution in [2.45, 2.75) is 24.9 Å². The van der Waals surface area contributed by atoms with Crippen molar-refractivity contribution in [2.75, 3.05) is 0 Å². The van der Waals surface area contributed by atoms with Gasteiger partial charge in [-0.1, -0.05) is 0 Å². The number of carbonyl (C=O) groups is 1. The third-order valence-corrected chi connectivity index (χ3v) is 4.42. The van der Waals surface area contributed by atoms with Crippen molar-refractivity contribution >= 4 is 33.2 Å². The molecule has 1 aromatic rings. The minimum absolute atomic E-state index is 0.363. The molecule has 2 N–H and O–H groups in total. The van der Waals surface area contributed by atoms with Crippen LogP contribution in [0.3, 0.4) is 0 Å². The van der Waals surface area contributed by atoms with E-state index >= 15 is 0 Å². The summed E-state index contributed by atoms with van der Waals surface area (Å²) in [6.45, 7) is 0. The first-order chi connectivity index (χ1) is 6.98. The van der Waals surface area contributed by atoms with E-state index in [9.17, 15) is 9.90 Å². The average Bonchev–Trinajstić information content (AvgIpc) is 2.46. The Morgan fingerprint density at radius 2 is 2.33 bits per heavy atom. The number of hydrogen-bond acceptors (Lipinski definition) is 3. The summed E-state index contributed by atoms with van der Waals surface area (Å²) in [5.41, 5.74) is -0.798. The highest BCUT2D eigenvalue weighted by atomic mass is 79.9. The molecule has 0 saturated heterocycles. The lowest BCUT2D eigenvalue weighted by Crippen LogP contribution is -2.48. The molecule has 1 aliphatic carbocycles. The van der Waals surface area contributed by atoms with E-state index in [1.165, 1.54) is 0 Å². The van der Waals surface area contributed by atoms with Crippen LogP contribution in [0, 0.1) is 5.92 Å². The highest BCUT2D eigenvalue weighted by Crippen LogP contribution is 2.41. The molecule has 3 nitrogen and oxygen atoms in total. The molecule has 15 heavy (non-hydrogen) atoms. The Labute approximate surface area is 99.9 Å². The maximum atomic E-state index is 10.6. The Bertz CT molecular complexity index is 382. The lowest BCUT2D eigenvalue weighted by Gasteiger charge is -2.41. The van der Waals surface area contributed by atoms with Crippen LogP contribution in [0.1, 0.15) is 17.7 Å². The molecule has 0 amide bonds. The summed E-state index contributed by atoms with van der Waals surface area (Å²) in [7, 11) is 0. The number of aliphatic hydroxyl groups is 1. The third-order valence-electron chi connectivity index (χ3n) is 2.73. The van der Waals surface area contributed by atoms with Gasteiger partial charge in [-0.3, -0.25) is 4.79 Å². The molecule has 0 aliphatic heterocycles. The molecule has 0 spiro atoms. The van der Waals surface area contributed by atoms with Crippen molar-refractivity contribution in [2.24, 2.45) is 5.92 Å². The first-order valence-electron chi connectivity index (χ1n) is 4.67. The Morgan fingerprint density at radius 1 is 1.67 bits per heavy atom. The summed E-state index contributed by atoms with van der Waals surface area (Å²) in [5.74, 6) is -1.16. The number of rotatable bonds is 3. The quantitative estimate of drug-likeness (QED) is 0.898. The number of carboxylic acid groups (broad SMARTS) is 1. The Morgan fingerprint density at radius 3 is 2.80 bits per heavy atom. The van der Waals surface area contributed by atoms with Gasteiger partial charge in [-0.05, 0) is 34.8 Å². The third kappa shape index (κ3) is 2.41. The maximum Gasteiger partial charge on any atom is 0.306 e. The normalized spacial score (nSPS) is 29.9. The van der Waals surface area contributed by atoms with Gasteiger partial charge in [0, 0.05) is 21.2 Å². The molecule has 1 saturated carbocycles. The molecule has 1 heterocycles. The second-order valence-electron chi connectivity index (χ2n) is 4.08. The van der Waals surface area contributed by atoms with Crippen LogP contribution in [-0.2, 0) is 11.2 Å². The van der Waals surface area contributed by atoms with Crippen molar-refractivity contribution in [3.05, 3.63) is 20.8 Å². The first kappa shape index (κ1) is 11.1. The molecule has 5 heteroatoms. The van der Waals surface area contributed by atoms with Gasteiger partial charge >= 0.3 is 5.97 Å². The van der Waals surface area contributed by atoms with Gasteiger partial charge < -0.3 is 10.2 Å². The average molecular weight is 291 g/mol. The first-order valence-corrected chi connectivity index (χ1v) is 6.34. The van der Waals surface area contributed by atoms with Crippen LogP contribution in [0.15, 0.2) is 15.9 Å². The Kier molecular flexibility index (Phi) is 2.87. The van der Waals surface area contributed by atoms with E-state index < -0.39 is 11.6 Å². The smallest absolute Gasteiger partial charge is 0.306 e. The summed E-state index contributed by atoms with van der Waals surface area (Å²) in [5, 5.41) is 20.7. The minimum atomic E-state index is -0.799. The Hall–Kier alpha value is -0.390. The van der Waals surface area contributed by atoms with Crippen LogP contribution in [0.2, 0.25) is 0 Å². The summed E-state index contributed by atoms with van der Waals surface area (Å²) < 4.78 is 1.01. The number of carboxylic acids is 1. The molecule has 0 aromatic carbocycles. The van der Waals surface area contributed by atoms with Gasteiger partial charge in [0.1, 0.15) is 0 Å². The molecule has 82 valence electrons. The van der Waals surface area contributed by atoms with Crippen LogP contribution >= 0.6 is 27.3 Å². The number of thiophene rings is 1. The van der Waals surface area contributed by atoms with Crippen LogP contribution in [-0.4, -0.2) is 21.8 Å². The second-order valence-corrected chi connectivity index (χ2v) is 5.99. The van der Waals surface area contributed by atoms with Crippen LogP contribution in [0.25, 0.3) is 0 Å². The van der Waals surface area contributed by atoms with Crippen molar-refractivity contribution in [1.29, 1.82) is 0 Å². The number of hydrogen-bond donors (Lipinski definition) is 2. The van der Waals surface area contributed by atoms with Gasteiger partial charge in [-0.2, -0.15) is 0 Å². The van der Waals surface area contributed by atoms with Crippen molar-refractivity contribution in [3.8, 4) is 0 Å². The van der Waals surface area contributed by atoms with E-state index in [2.05, 4.69) is 15.9 Å². The van der Waals surface area contributed by atoms with Crippen molar-refractivity contribution < 1.29 is 15.0 Å². The van der Waals surface area contributed by atoms with Gasteiger partial charge in [-0.25, -0.2) is 0 Å². The fraction of sp³-hybridized carbons (Fsp3) is 0.500. The monoisotopic (exact) mass is 290 g/mol. The Balaban J connectivity index is 1.94. The fourth-order valence-electron chi connectivity index (χ4n) is 1.95. The molecule has 0 unspecified atom stereocenters. The van der Waals surface area contributed by atoms with E-state index in [-0.39, 0.29) is 5.92 Å². The van der Waals surface area contributed by atoms with Gasteiger partial charge in [0.15, 0.2) is 0 Å². The molecule has 1 aliphatic rings. The standard InChI is InChI=1S/C10H11BrO3S/c11-7-1-8(15-5-7)4-10(14)2-6(3-10)9(12)13/h1,5-6,14H,2-4H2,(H,12,13). The van der Waals surface area contributed by atoms with Crippen molar-refractivity contribution in [3.63, 3.8) is 0 Å².